The zero-order chi connectivity index (χ0) is 13.8. The lowest BCUT2D eigenvalue weighted by atomic mass is 9.87. The molecule has 1 aliphatic carbocycles. The number of fused-ring (bicyclic) bond motifs is 1. The first-order chi connectivity index (χ1) is 9.13. The van der Waals surface area contributed by atoms with Gasteiger partial charge in [-0.2, -0.15) is 0 Å². The molecule has 2 rings (SSSR count). The maximum Gasteiger partial charge on any atom is 0.272 e. The standard InChI is InChI=1S/C15H19ClFNO/c1-2-9-18(15(19)14(16)17)13-8-7-11-5-3-4-6-12(11)10-13/h3-6,13-14H,2,7-10H2,1H3. The minimum atomic E-state index is -1.93. The number of alkyl halides is 2. The maximum atomic E-state index is 13.1. The number of benzene rings is 1. The van der Waals surface area contributed by atoms with Crippen LogP contribution in [0.4, 0.5) is 4.39 Å². The maximum absolute atomic E-state index is 13.1. The lowest BCUT2D eigenvalue weighted by Crippen LogP contribution is -2.46. The Balaban J connectivity index is 2.14. The highest BCUT2D eigenvalue weighted by Crippen LogP contribution is 2.25. The smallest absolute Gasteiger partial charge is 0.272 e. The van der Waals surface area contributed by atoms with E-state index in [1.165, 1.54) is 11.1 Å². The van der Waals surface area contributed by atoms with Crippen molar-refractivity contribution in [2.75, 3.05) is 6.54 Å². The molecule has 0 radical (unpaired) electrons. The van der Waals surface area contributed by atoms with Gasteiger partial charge in [-0.1, -0.05) is 42.8 Å². The summed E-state index contributed by atoms with van der Waals surface area (Å²) in [6.45, 7) is 2.55. The van der Waals surface area contributed by atoms with Crippen LogP contribution in [-0.2, 0) is 17.6 Å². The van der Waals surface area contributed by atoms with Gasteiger partial charge in [0.15, 0.2) is 0 Å². The first kappa shape index (κ1) is 14.3. The van der Waals surface area contributed by atoms with Crippen molar-refractivity contribution in [3.63, 3.8) is 0 Å². The first-order valence-electron chi connectivity index (χ1n) is 6.79. The first-order valence-corrected chi connectivity index (χ1v) is 7.22. The Kier molecular flexibility index (Phi) is 4.81. The molecule has 0 saturated heterocycles. The average molecular weight is 284 g/mol. The minimum Gasteiger partial charge on any atom is -0.336 e. The van der Waals surface area contributed by atoms with Crippen LogP contribution in [0.1, 0.15) is 30.9 Å². The Hall–Kier alpha value is -1.09. The topological polar surface area (TPSA) is 20.3 Å². The molecule has 4 heteroatoms. The molecule has 0 fully saturated rings. The van der Waals surface area contributed by atoms with Crippen LogP contribution in [0.25, 0.3) is 0 Å². The molecule has 0 aromatic heterocycles. The van der Waals surface area contributed by atoms with Gasteiger partial charge in [-0.3, -0.25) is 4.79 Å². The molecular weight excluding hydrogens is 265 g/mol. The second-order valence-corrected chi connectivity index (χ2v) is 5.38. The Labute approximate surface area is 118 Å². The molecule has 2 unspecified atom stereocenters. The number of nitrogens with zero attached hydrogens (tertiary/aromatic N) is 1. The number of hydrogen-bond donors (Lipinski definition) is 0. The van der Waals surface area contributed by atoms with Crippen LogP contribution in [0.2, 0.25) is 0 Å². The van der Waals surface area contributed by atoms with Crippen LogP contribution in [0.15, 0.2) is 24.3 Å². The number of amides is 1. The van der Waals surface area contributed by atoms with Crippen LogP contribution < -0.4 is 0 Å². The number of carbonyl (C=O) groups is 1. The Morgan fingerprint density at radius 2 is 2.16 bits per heavy atom. The molecule has 0 aliphatic heterocycles. The van der Waals surface area contributed by atoms with Crippen LogP contribution in [-0.4, -0.2) is 29.0 Å². The molecule has 1 aliphatic rings. The SMILES string of the molecule is CCCN(C(=O)C(F)Cl)C1CCc2ccccc2C1. The van der Waals surface area contributed by atoms with Gasteiger partial charge in [-0.25, -0.2) is 4.39 Å². The number of aryl methyl sites for hydroxylation is 1. The predicted molar refractivity (Wildman–Crippen MR) is 75.0 cm³/mol. The van der Waals surface area contributed by atoms with E-state index in [9.17, 15) is 9.18 Å². The Morgan fingerprint density at radius 1 is 1.47 bits per heavy atom. The zero-order valence-corrected chi connectivity index (χ0v) is 11.9. The number of carbonyl (C=O) groups excluding carboxylic acids is 1. The van der Waals surface area contributed by atoms with Crippen LogP contribution >= 0.6 is 11.6 Å². The summed E-state index contributed by atoms with van der Waals surface area (Å²) in [7, 11) is 0. The summed E-state index contributed by atoms with van der Waals surface area (Å²) in [5, 5.41) is 0. The van der Waals surface area contributed by atoms with Crippen molar-refractivity contribution in [2.24, 2.45) is 0 Å². The van der Waals surface area contributed by atoms with Gasteiger partial charge in [-0.05, 0) is 36.8 Å². The zero-order valence-electron chi connectivity index (χ0n) is 11.1. The highest BCUT2D eigenvalue weighted by atomic mass is 35.5. The van der Waals surface area contributed by atoms with E-state index in [0.717, 1.165) is 25.7 Å². The molecule has 0 N–H and O–H groups in total. The van der Waals surface area contributed by atoms with Crippen LogP contribution in [0, 0.1) is 0 Å². The van der Waals surface area contributed by atoms with Crippen molar-refractivity contribution in [3.8, 4) is 0 Å². The van der Waals surface area contributed by atoms with Gasteiger partial charge >= 0.3 is 0 Å². The minimum absolute atomic E-state index is 0.0688. The van der Waals surface area contributed by atoms with Gasteiger partial charge in [0.1, 0.15) is 0 Å². The summed E-state index contributed by atoms with van der Waals surface area (Å²) in [5.74, 6) is -0.590. The van der Waals surface area contributed by atoms with E-state index in [1.807, 2.05) is 19.1 Å². The lowest BCUT2D eigenvalue weighted by molar-refractivity contribution is -0.136. The molecule has 1 amide bonds. The molecular formula is C15H19ClFNO. The van der Waals surface area contributed by atoms with Crippen LogP contribution in [0.5, 0.6) is 0 Å². The third kappa shape index (κ3) is 3.27. The highest BCUT2D eigenvalue weighted by Gasteiger charge is 2.30. The summed E-state index contributed by atoms with van der Waals surface area (Å²) in [4.78, 5) is 13.5. The number of halogens is 2. The van der Waals surface area contributed by atoms with E-state index in [4.69, 9.17) is 11.6 Å². The van der Waals surface area contributed by atoms with Crippen LogP contribution in [0.3, 0.4) is 0 Å². The molecule has 104 valence electrons. The lowest BCUT2D eigenvalue weighted by Gasteiger charge is -2.35. The third-order valence-corrected chi connectivity index (χ3v) is 3.88. The van der Waals surface area contributed by atoms with Gasteiger partial charge in [-0.15, -0.1) is 0 Å². The van der Waals surface area contributed by atoms with Gasteiger partial charge in [0.2, 0.25) is 0 Å². The molecule has 0 heterocycles. The van der Waals surface area contributed by atoms with E-state index in [2.05, 4.69) is 12.1 Å². The summed E-state index contributed by atoms with van der Waals surface area (Å²) in [6.07, 6.45) is 3.43. The number of rotatable bonds is 4. The van der Waals surface area contributed by atoms with Crippen molar-refractivity contribution < 1.29 is 9.18 Å². The second-order valence-electron chi connectivity index (χ2n) is 5.00. The van der Waals surface area contributed by atoms with Gasteiger partial charge in [0, 0.05) is 12.6 Å². The van der Waals surface area contributed by atoms with Crippen molar-refractivity contribution in [1.29, 1.82) is 0 Å². The normalized spacial score (nSPS) is 19.6. The van der Waals surface area contributed by atoms with E-state index in [-0.39, 0.29) is 6.04 Å². The predicted octanol–water partition coefficient (Wildman–Crippen LogP) is 3.32. The molecule has 2 atom stereocenters. The molecule has 19 heavy (non-hydrogen) atoms. The Bertz CT molecular complexity index is 450. The largest absolute Gasteiger partial charge is 0.336 e. The third-order valence-electron chi connectivity index (χ3n) is 3.70. The fraction of sp³-hybridized carbons (Fsp3) is 0.533. The second kappa shape index (κ2) is 6.38. The Morgan fingerprint density at radius 3 is 2.79 bits per heavy atom. The van der Waals surface area contributed by atoms with Crippen molar-refractivity contribution >= 4 is 17.5 Å². The highest BCUT2D eigenvalue weighted by molar-refractivity contribution is 6.29. The van der Waals surface area contributed by atoms with Gasteiger partial charge < -0.3 is 4.90 Å². The van der Waals surface area contributed by atoms with Crippen molar-refractivity contribution in [2.45, 2.75) is 44.3 Å². The van der Waals surface area contributed by atoms with E-state index in [0.29, 0.717) is 6.54 Å². The monoisotopic (exact) mass is 283 g/mol. The van der Waals surface area contributed by atoms with E-state index >= 15 is 0 Å². The number of hydrogen-bond acceptors (Lipinski definition) is 1. The summed E-state index contributed by atoms with van der Waals surface area (Å²) >= 11 is 5.32. The van der Waals surface area contributed by atoms with E-state index in [1.54, 1.807) is 4.90 Å². The average Bonchev–Trinajstić information content (AvgIpc) is 2.43. The van der Waals surface area contributed by atoms with Crippen molar-refractivity contribution in [3.05, 3.63) is 35.4 Å². The fourth-order valence-corrected chi connectivity index (χ4v) is 2.91. The van der Waals surface area contributed by atoms with Gasteiger partial charge in [0.25, 0.3) is 11.5 Å². The van der Waals surface area contributed by atoms with Gasteiger partial charge in [0.05, 0.1) is 0 Å². The summed E-state index contributed by atoms with van der Waals surface area (Å²) in [6, 6.07) is 8.32. The van der Waals surface area contributed by atoms with E-state index < -0.39 is 11.5 Å². The molecule has 0 saturated carbocycles. The summed E-state index contributed by atoms with van der Waals surface area (Å²) in [5.41, 5.74) is 0.673. The molecule has 1 aromatic rings. The fourth-order valence-electron chi connectivity index (χ4n) is 2.78. The quantitative estimate of drug-likeness (QED) is 0.776. The molecule has 2 nitrogen and oxygen atoms in total. The van der Waals surface area contributed by atoms with Crippen molar-refractivity contribution in [1.82, 2.24) is 4.90 Å². The molecule has 0 spiro atoms. The molecule has 1 aromatic carbocycles. The summed E-state index contributed by atoms with van der Waals surface area (Å²) < 4.78 is 13.1. The molecule has 0 bridgehead atoms.